The highest BCUT2D eigenvalue weighted by Crippen LogP contribution is 2.05. The summed E-state index contributed by atoms with van der Waals surface area (Å²) < 4.78 is 4.60. The van der Waals surface area contributed by atoms with Gasteiger partial charge in [0.25, 0.3) is 0 Å². The van der Waals surface area contributed by atoms with Crippen molar-refractivity contribution in [2.24, 2.45) is 5.92 Å². The lowest BCUT2D eigenvalue weighted by Crippen LogP contribution is -1.98. The summed E-state index contributed by atoms with van der Waals surface area (Å²) >= 11 is 0. The summed E-state index contributed by atoms with van der Waals surface area (Å²) in [6, 6.07) is 0. The molecule has 0 rings (SSSR count). The Morgan fingerprint density at radius 3 is 2.24 bits per heavy atom. The van der Waals surface area contributed by atoms with Crippen molar-refractivity contribution in [2.45, 2.75) is 64.7 Å². The van der Waals surface area contributed by atoms with Gasteiger partial charge in [0.05, 0.1) is 7.11 Å². The van der Waals surface area contributed by atoms with Gasteiger partial charge in [-0.3, -0.25) is 4.79 Å². The van der Waals surface area contributed by atoms with Crippen LogP contribution in [0.4, 0.5) is 0 Å². The van der Waals surface area contributed by atoms with Gasteiger partial charge in [-0.2, -0.15) is 0 Å². The minimum Gasteiger partial charge on any atom is -0.469 e. The van der Waals surface area contributed by atoms with Crippen LogP contribution in [0.5, 0.6) is 0 Å². The van der Waals surface area contributed by atoms with Crippen molar-refractivity contribution >= 4 is 5.97 Å². The van der Waals surface area contributed by atoms with Crippen molar-refractivity contribution in [2.75, 3.05) is 13.7 Å². The molecule has 0 radical (unpaired) electrons. The Morgan fingerprint density at radius 2 is 1.52 bits per heavy atom. The average molecular weight is 349 g/mol. The number of ether oxygens (including phenoxy) is 1. The number of aliphatic hydroxyl groups is 1. The lowest BCUT2D eigenvalue weighted by atomic mass is 10.1. The highest BCUT2D eigenvalue weighted by Gasteiger charge is 1.96. The van der Waals surface area contributed by atoms with Gasteiger partial charge in [-0.05, 0) is 50.9 Å². The smallest absolute Gasteiger partial charge is 0.305 e. The minimum atomic E-state index is -0.133. The van der Waals surface area contributed by atoms with E-state index in [-0.39, 0.29) is 5.97 Å². The van der Waals surface area contributed by atoms with Crippen molar-refractivity contribution < 1.29 is 14.6 Å². The lowest BCUT2D eigenvalue weighted by Gasteiger charge is -1.98. The number of carbonyl (C=O) groups excluding carboxylic acids is 1. The fourth-order valence-corrected chi connectivity index (χ4v) is 2.25. The van der Waals surface area contributed by atoms with E-state index in [4.69, 9.17) is 5.11 Å². The second-order valence-electron chi connectivity index (χ2n) is 6.17. The summed E-state index contributed by atoms with van der Waals surface area (Å²) in [7, 11) is 1.43. The number of allylic oxidation sites excluding steroid dienone is 8. The first-order valence-electron chi connectivity index (χ1n) is 9.51. The molecule has 0 aromatic heterocycles. The predicted octanol–water partition coefficient (Wildman–Crippen LogP) is 5.52. The first kappa shape index (κ1) is 23.4. The molecule has 0 saturated carbocycles. The Morgan fingerprint density at radius 1 is 0.880 bits per heavy atom. The van der Waals surface area contributed by atoms with Gasteiger partial charge in [-0.15, -0.1) is 0 Å². The second kappa shape index (κ2) is 18.7. The molecule has 0 aliphatic rings. The quantitative estimate of drug-likeness (QED) is 0.241. The van der Waals surface area contributed by atoms with Gasteiger partial charge in [-0.1, -0.05) is 62.0 Å². The van der Waals surface area contributed by atoms with Crippen molar-refractivity contribution in [1.82, 2.24) is 0 Å². The van der Waals surface area contributed by atoms with Crippen LogP contribution in [0.3, 0.4) is 0 Å². The Balaban J connectivity index is 3.60. The molecule has 0 spiro atoms. The van der Waals surface area contributed by atoms with Crippen LogP contribution in [0.15, 0.2) is 48.6 Å². The van der Waals surface area contributed by atoms with Gasteiger partial charge in [0, 0.05) is 13.0 Å². The van der Waals surface area contributed by atoms with E-state index in [1.165, 1.54) is 7.11 Å². The third-order valence-electron chi connectivity index (χ3n) is 3.77. The molecule has 25 heavy (non-hydrogen) atoms. The summed E-state index contributed by atoms with van der Waals surface area (Å²) in [5, 5.41) is 8.71. The van der Waals surface area contributed by atoms with Crippen LogP contribution in [-0.2, 0) is 9.53 Å². The van der Waals surface area contributed by atoms with Gasteiger partial charge in [0.15, 0.2) is 0 Å². The van der Waals surface area contributed by atoms with Crippen LogP contribution in [-0.4, -0.2) is 24.8 Å². The van der Waals surface area contributed by atoms with Gasteiger partial charge in [0.1, 0.15) is 0 Å². The van der Waals surface area contributed by atoms with Crippen LogP contribution in [0.2, 0.25) is 0 Å². The molecule has 0 bridgehead atoms. The van der Waals surface area contributed by atoms with E-state index in [2.05, 4.69) is 60.3 Å². The fourth-order valence-electron chi connectivity index (χ4n) is 2.25. The summed E-state index contributed by atoms with van der Waals surface area (Å²) in [4.78, 5) is 10.9. The summed E-state index contributed by atoms with van der Waals surface area (Å²) in [6.45, 7) is 2.50. The third kappa shape index (κ3) is 18.6. The zero-order valence-corrected chi connectivity index (χ0v) is 16.0. The molecule has 1 unspecified atom stereocenters. The summed E-state index contributed by atoms with van der Waals surface area (Å²) in [5.74, 6) is 0.340. The maximum atomic E-state index is 10.9. The third-order valence-corrected chi connectivity index (χ3v) is 3.77. The van der Waals surface area contributed by atoms with Crippen molar-refractivity contribution in [3.8, 4) is 0 Å². The average Bonchev–Trinajstić information content (AvgIpc) is 2.62. The van der Waals surface area contributed by atoms with Crippen LogP contribution in [0.1, 0.15) is 64.7 Å². The molecular weight excluding hydrogens is 312 g/mol. The Labute approximate surface area is 154 Å². The molecule has 0 amide bonds. The number of aliphatic hydroxyl groups excluding tert-OH is 1. The Kier molecular flexibility index (Phi) is 17.5. The molecule has 0 saturated heterocycles. The second-order valence-corrected chi connectivity index (χ2v) is 6.17. The van der Waals surface area contributed by atoms with E-state index in [1.807, 2.05) is 0 Å². The molecule has 0 aliphatic heterocycles. The maximum Gasteiger partial charge on any atom is 0.305 e. The molecule has 1 N–H and O–H groups in total. The van der Waals surface area contributed by atoms with Gasteiger partial charge in [-0.25, -0.2) is 0 Å². The molecule has 3 heteroatoms. The van der Waals surface area contributed by atoms with E-state index in [1.54, 1.807) is 0 Å². The Bertz CT molecular complexity index is 419. The predicted molar refractivity (Wildman–Crippen MR) is 106 cm³/mol. The number of methoxy groups -OCH3 is 1. The molecule has 0 aliphatic carbocycles. The van der Waals surface area contributed by atoms with Gasteiger partial charge < -0.3 is 9.84 Å². The lowest BCUT2D eigenvalue weighted by molar-refractivity contribution is -0.140. The van der Waals surface area contributed by atoms with Crippen LogP contribution >= 0.6 is 0 Å². The highest BCUT2D eigenvalue weighted by molar-refractivity contribution is 5.69. The van der Waals surface area contributed by atoms with Crippen molar-refractivity contribution in [1.29, 1.82) is 0 Å². The molecule has 3 nitrogen and oxygen atoms in total. The molecule has 1 atom stereocenters. The first-order valence-corrected chi connectivity index (χ1v) is 9.51. The van der Waals surface area contributed by atoms with E-state index in [0.29, 0.717) is 18.9 Å². The van der Waals surface area contributed by atoms with Crippen molar-refractivity contribution in [3.05, 3.63) is 48.6 Å². The van der Waals surface area contributed by atoms with Gasteiger partial charge in [0.2, 0.25) is 0 Å². The monoisotopic (exact) mass is 348 g/mol. The van der Waals surface area contributed by atoms with E-state index in [0.717, 1.165) is 51.4 Å². The summed E-state index contributed by atoms with van der Waals surface area (Å²) in [5.41, 5.74) is 0. The molecular formula is C22H36O3. The topological polar surface area (TPSA) is 46.5 Å². The molecule has 0 aromatic carbocycles. The molecule has 142 valence electrons. The summed E-state index contributed by atoms with van der Waals surface area (Å²) in [6.07, 6.45) is 26.0. The van der Waals surface area contributed by atoms with Crippen LogP contribution in [0, 0.1) is 5.92 Å². The SMILES string of the molecule is COC(=O)CCC/C=C\CC=CCC=CC(C)/C=C\CCCCCO. The number of esters is 1. The number of rotatable bonds is 15. The largest absolute Gasteiger partial charge is 0.469 e. The first-order chi connectivity index (χ1) is 12.2. The normalized spacial score (nSPS) is 13.6. The Hall–Kier alpha value is -1.61. The highest BCUT2D eigenvalue weighted by atomic mass is 16.5. The van der Waals surface area contributed by atoms with Crippen molar-refractivity contribution in [3.63, 3.8) is 0 Å². The number of unbranched alkanes of at least 4 members (excludes halogenated alkanes) is 4. The van der Waals surface area contributed by atoms with Crippen LogP contribution in [0.25, 0.3) is 0 Å². The maximum absolute atomic E-state index is 10.9. The minimum absolute atomic E-state index is 0.133. The zero-order valence-electron chi connectivity index (χ0n) is 16.0. The zero-order chi connectivity index (χ0) is 18.6. The number of carbonyl (C=O) groups is 1. The molecule has 0 heterocycles. The van der Waals surface area contributed by atoms with E-state index in [9.17, 15) is 4.79 Å². The van der Waals surface area contributed by atoms with E-state index >= 15 is 0 Å². The number of hydrogen-bond donors (Lipinski definition) is 1. The van der Waals surface area contributed by atoms with Gasteiger partial charge >= 0.3 is 5.97 Å². The molecule has 0 aromatic rings. The molecule has 0 fully saturated rings. The fraction of sp³-hybridized carbons (Fsp3) is 0.591. The number of hydrogen-bond acceptors (Lipinski definition) is 3. The van der Waals surface area contributed by atoms with Crippen LogP contribution < -0.4 is 0 Å². The van der Waals surface area contributed by atoms with E-state index < -0.39 is 0 Å². The standard InChI is InChI=1S/C22H36O3/c1-21(18-14-10-8-12-16-20-23)17-13-9-6-4-3-5-7-11-15-19-22(24)25-2/h4-7,13-14,17-18,21,23H,3,8-12,15-16,19-20H2,1-2H3/b6-4?,7-5-,17-13?,18-14-.